The monoisotopic (exact) mass is 378 g/mol. The zero-order valence-corrected chi connectivity index (χ0v) is 14.8. The maximum Gasteiger partial charge on any atom is 0.319 e. The summed E-state index contributed by atoms with van der Waals surface area (Å²) in [6.07, 6.45) is 1.69. The summed E-state index contributed by atoms with van der Waals surface area (Å²) in [5.41, 5.74) is 3.71. The van der Waals surface area contributed by atoms with Gasteiger partial charge in [0.2, 0.25) is 0 Å². The van der Waals surface area contributed by atoms with E-state index in [2.05, 4.69) is 16.7 Å². The smallest absolute Gasteiger partial charge is 0.319 e. The van der Waals surface area contributed by atoms with E-state index in [-0.39, 0.29) is 6.03 Å². The molecule has 0 fully saturated rings. The Morgan fingerprint density at radius 1 is 1.12 bits per heavy atom. The Labute approximate surface area is 155 Å². The van der Waals surface area contributed by atoms with Gasteiger partial charge in [0.25, 0.3) is 0 Å². The van der Waals surface area contributed by atoms with Gasteiger partial charge < -0.3 is 20.1 Å². The fourth-order valence-electron chi connectivity index (χ4n) is 3.20. The van der Waals surface area contributed by atoms with E-state index >= 15 is 0 Å². The number of hydrogen-bond acceptors (Lipinski definition) is 3. The molecule has 2 aromatic carbocycles. The number of benzene rings is 2. The van der Waals surface area contributed by atoms with E-state index in [9.17, 15) is 4.79 Å². The average Bonchev–Trinajstić information content (AvgIpc) is 3.23. The number of nitrogens with one attached hydrogen (secondary N) is 2. The lowest BCUT2D eigenvalue weighted by Gasteiger charge is -2.14. The van der Waals surface area contributed by atoms with Crippen LogP contribution in [0.1, 0.15) is 16.7 Å². The molecule has 4 rings (SSSR count). The number of carbonyl (C=O) groups excluding carboxylic acids is 1. The highest BCUT2D eigenvalue weighted by Crippen LogP contribution is 2.40. The van der Waals surface area contributed by atoms with Crippen molar-refractivity contribution in [2.75, 3.05) is 18.5 Å². The van der Waals surface area contributed by atoms with Gasteiger partial charge in [-0.2, -0.15) is 0 Å². The van der Waals surface area contributed by atoms with Gasteiger partial charge >= 0.3 is 6.03 Å². The third-order valence-corrected chi connectivity index (χ3v) is 4.93. The first-order valence-electron chi connectivity index (χ1n) is 8.05. The third kappa shape index (κ3) is 3.22. The van der Waals surface area contributed by atoms with Crippen molar-refractivity contribution >= 4 is 34.9 Å². The summed E-state index contributed by atoms with van der Waals surface area (Å²) in [7, 11) is 0. The molecule has 0 aliphatic carbocycles. The second kappa shape index (κ2) is 6.65. The molecule has 130 valence electrons. The molecule has 7 heteroatoms. The van der Waals surface area contributed by atoms with Crippen LogP contribution in [-0.4, -0.2) is 19.2 Å². The van der Waals surface area contributed by atoms with Crippen LogP contribution in [0.25, 0.3) is 0 Å². The lowest BCUT2D eigenvalue weighted by molar-refractivity contribution is 0.251. The maximum atomic E-state index is 12.3. The molecule has 2 aliphatic rings. The Balaban J connectivity index is 1.50. The van der Waals surface area contributed by atoms with Crippen molar-refractivity contribution in [1.82, 2.24) is 5.32 Å². The van der Waals surface area contributed by atoms with E-state index in [1.807, 2.05) is 0 Å². The van der Waals surface area contributed by atoms with Crippen molar-refractivity contribution in [2.24, 2.45) is 0 Å². The van der Waals surface area contributed by atoms with Crippen molar-refractivity contribution in [3.63, 3.8) is 0 Å². The molecular formula is C18H16Cl2N2O3. The number of anilines is 1. The molecule has 2 N–H and O–H groups in total. The Bertz CT molecular complexity index is 822. The van der Waals surface area contributed by atoms with Crippen LogP contribution in [0.4, 0.5) is 10.5 Å². The first-order valence-corrected chi connectivity index (χ1v) is 8.80. The van der Waals surface area contributed by atoms with Crippen LogP contribution >= 0.6 is 23.2 Å². The lowest BCUT2D eigenvalue weighted by atomic mass is 9.99. The predicted molar refractivity (Wildman–Crippen MR) is 97.2 cm³/mol. The Kier molecular flexibility index (Phi) is 4.36. The Morgan fingerprint density at radius 2 is 1.96 bits per heavy atom. The van der Waals surface area contributed by atoms with Gasteiger partial charge in [-0.05, 0) is 24.3 Å². The molecule has 0 aromatic heterocycles. The van der Waals surface area contributed by atoms with Gasteiger partial charge in [0.15, 0.2) is 0 Å². The van der Waals surface area contributed by atoms with Gasteiger partial charge in [0, 0.05) is 41.1 Å². The molecule has 2 heterocycles. The molecule has 0 saturated carbocycles. The van der Waals surface area contributed by atoms with Crippen LogP contribution < -0.4 is 20.1 Å². The summed E-state index contributed by atoms with van der Waals surface area (Å²) in [5, 5.41) is 6.52. The van der Waals surface area contributed by atoms with Crippen LogP contribution in [-0.2, 0) is 19.4 Å². The van der Waals surface area contributed by atoms with Crippen molar-refractivity contribution in [3.8, 4) is 11.5 Å². The fourth-order valence-corrected chi connectivity index (χ4v) is 3.54. The van der Waals surface area contributed by atoms with E-state index < -0.39 is 0 Å². The van der Waals surface area contributed by atoms with Crippen LogP contribution in [0.3, 0.4) is 0 Å². The van der Waals surface area contributed by atoms with Gasteiger partial charge in [0.1, 0.15) is 11.5 Å². The molecule has 0 bridgehead atoms. The van der Waals surface area contributed by atoms with Gasteiger partial charge in [-0.1, -0.05) is 23.2 Å². The van der Waals surface area contributed by atoms with Gasteiger partial charge in [-0.15, -0.1) is 0 Å². The average molecular weight is 379 g/mol. The maximum absolute atomic E-state index is 12.3. The van der Waals surface area contributed by atoms with Gasteiger partial charge in [-0.25, -0.2) is 4.79 Å². The SMILES string of the molecule is O=C(NCc1c2c(cc3c1OCC3)OCC2)Nc1cc(Cl)ccc1Cl. The van der Waals surface area contributed by atoms with Crippen molar-refractivity contribution in [2.45, 2.75) is 19.4 Å². The van der Waals surface area contributed by atoms with Crippen molar-refractivity contribution in [3.05, 3.63) is 51.0 Å². The van der Waals surface area contributed by atoms with Gasteiger partial charge in [-0.3, -0.25) is 0 Å². The van der Waals surface area contributed by atoms with E-state index in [1.54, 1.807) is 18.2 Å². The predicted octanol–water partition coefficient (Wildman–Crippen LogP) is 4.18. The number of amides is 2. The van der Waals surface area contributed by atoms with E-state index in [0.717, 1.165) is 41.0 Å². The molecule has 2 amide bonds. The van der Waals surface area contributed by atoms with E-state index in [0.29, 0.717) is 35.5 Å². The number of rotatable bonds is 3. The number of hydrogen-bond donors (Lipinski definition) is 2. The molecule has 0 atom stereocenters. The van der Waals surface area contributed by atoms with Crippen LogP contribution in [0, 0.1) is 0 Å². The normalized spacial score (nSPS) is 14.3. The molecule has 0 radical (unpaired) electrons. The van der Waals surface area contributed by atoms with Crippen molar-refractivity contribution in [1.29, 1.82) is 0 Å². The number of fused-ring (bicyclic) bond motifs is 2. The number of ether oxygens (including phenoxy) is 2. The summed E-state index contributed by atoms with van der Waals surface area (Å²) in [5.74, 6) is 1.78. The zero-order valence-electron chi connectivity index (χ0n) is 13.3. The minimum absolute atomic E-state index is 0.354. The van der Waals surface area contributed by atoms with Crippen LogP contribution in [0.5, 0.6) is 11.5 Å². The molecular weight excluding hydrogens is 363 g/mol. The molecule has 0 saturated heterocycles. The van der Waals surface area contributed by atoms with E-state index in [4.69, 9.17) is 32.7 Å². The molecule has 0 unspecified atom stereocenters. The van der Waals surface area contributed by atoms with E-state index in [1.165, 1.54) is 0 Å². The molecule has 0 spiro atoms. The summed E-state index contributed by atoms with van der Waals surface area (Å²) in [6.45, 7) is 1.68. The number of urea groups is 1. The van der Waals surface area contributed by atoms with Crippen molar-refractivity contribution < 1.29 is 14.3 Å². The highest BCUT2D eigenvalue weighted by Gasteiger charge is 2.26. The minimum Gasteiger partial charge on any atom is -0.493 e. The molecule has 2 aromatic rings. The Morgan fingerprint density at radius 3 is 2.84 bits per heavy atom. The number of carbonyl (C=O) groups is 1. The standard InChI is InChI=1S/C18H16Cl2N2O3/c19-11-1-2-14(20)15(8-11)22-18(23)21-9-13-12-4-6-24-16(12)7-10-3-5-25-17(10)13/h1-2,7-8H,3-6,9H2,(H2,21,22,23). The number of halogens is 2. The Hall–Kier alpha value is -2.11. The van der Waals surface area contributed by atoms with Gasteiger partial charge in [0.05, 0.1) is 23.9 Å². The first kappa shape index (κ1) is 16.4. The molecule has 5 nitrogen and oxygen atoms in total. The largest absolute Gasteiger partial charge is 0.493 e. The minimum atomic E-state index is -0.354. The quantitative estimate of drug-likeness (QED) is 0.841. The molecule has 2 aliphatic heterocycles. The second-order valence-electron chi connectivity index (χ2n) is 5.95. The summed E-state index contributed by atoms with van der Waals surface area (Å²) >= 11 is 12.0. The third-order valence-electron chi connectivity index (χ3n) is 4.36. The summed E-state index contributed by atoms with van der Waals surface area (Å²) in [6, 6.07) is 6.62. The van der Waals surface area contributed by atoms with Crippen LogP contribution in [0.15, 0.2) is 24.3 Å². The first-order chi connectivity index (χ1) is 12.1. The lowest BCUT2D eigenvalue weighted by Crippen LogP contribution is -2.28. The fraction of sp³-hybridized carbons (Fsp3) is 0.278. The zero-order chi connectivity index (χ0) is 17.4. The highest BCUT2D eigenvalue weighted by atomic mass is 35.5. The topological polar surface area (TPSA) is 59.6 Å². The summed E-state index contributed by atoms with van der Waals surface area (Å²) in [4.78, 5) is 12.3. The molecule has 25 heavy (non-hydrogen) atoms. The summed E-state index contributed by atoms with van der Waals surface area (Å²) < 4.78 is 11.5. The van der Waals surface area contributed by atoms with Crippen LogP contribution in [0.2, 0.25) is 10.0 Å². The second-order valence-corrected chi connectivity index (χ2v) is 6.79. The highest BCUT2D eigenvalue weighted by molar-refractivity contribution is 6.35.